The maximum atomic E-state index is 4.40. The third-order valence-corrected chi connectivity index (χ3v) is 3.90. The van der Waals surface area contributed by atoms with E-state index in [1.165, 1.54) is 16.7 Å². The van der Waals surface area contributed by atoms with Gasteiger partial charge in [-0.05, 0) is 24.2 Å². The largest absolute Gasteiger partial charge is 0.304 e. The molecule has 3 nitrogen and oxygen atoms in total. The molecule has 0 spiro atoms. The Morgan fingerprint density at radius 2 is 1.70 bits per heavy atom. The van der Waals surface area contributed by atoms with E-state index in [2.05, 4.69) is 52.2 Å². The topological polar surface area (TPSA) is 19.4 Å². The Morgan fingerprint density at radius 3 is 2.45 bits per heavy atom. The number of hydrogen-bond acceptors (Lipinski definition) is 3. The molecule has 3 heteroatoms. The van der Waals surface area contributed by atoms with Crippen molar-refractivity contribution in [2.24, 2.45) is 0 Å². The molecule has 1 aromatic heterocycles. The second-order valence-electron chi connectivity index (χ2n) is 5.53. The summed E-state index contributed by atoms with van der Waals surface area (Å²) in [6.45, 7) is 5.61. The van der Waals surface area contributed by atoms with Gasteiger partial charge in [0.15, 0.2) is 0 Å². The van der Waals surface area contributed by atoms with Gasteiger partial charge in [-0.1, -0.05) is 30.3 Å². The van der Waals surface area contributed by atoms with Gasteiger partial charge in [0.1, 0.15) is 0 Å². The quantitative estimate of drug-likeness (QED) is 0.852. The molecule has 2 aromatic rings. The van der Waals surface area contributed by atoms with Crippen molar-refractivity contribution < 1.29 is 0 Å². The molecule has 1 aliphatic heterocycles. The van der Waals surface area contributed by atoms with E-state index in [0.29, 0.717) is 0 Å². The van der Waals surface area contributed by atoms with Gasteiger partial charge in [0.25, 0.3) is 0 Å². The molecule has 2 heterocycles. The number of likely N-dealkylation sites (N-methyl/N-ethyl adjacent to an activating group) is 1. The molecule has 0 radical (unpaired) electrons. The Balaban J connectivity index is 1.72. The molecule has 0 aliphatic carbocycles. The monoisotopic (exact) mass is 267 g/mol. The maximum Gasteiger partial charge on any atom is 0.0346 e. The minimum absolute atomic E-state index is 1.00. The number of aromatic nitrogens is 1. The highest BCUT2D eigenvalue weighted by atomic mass is 15.2. The van der Waals surface area contributed by atoms with E-state index in [9.17, 15) is 0 Å². The lowest BCUT2D eigenvalue weighted by molar-refractivity contribution is 0.148. The van der Waals surface area contributed by atoms with Crippen LogP contribution < -0.4 is 0 Å². The molecule has 0 amide bonds. The molecule has 1 fully saturated rings. The van der Waals surface area contributed by atoms with Gasteiger partial charge in [0.05, 0.1) is 0 Å². The second-order valence-corrected chi connectivity index (χ2v) is 5.53. The third-order valence-electron chi connectivity index (χ3n) is 3.90. The highest BCUT2D eigenvalue weighted by Gasteiger charge is 2.14. The molecule has 0 bridgehead atoms. The average molecular weight is 267 g/mol. The van der Waals surface area contributed by atoms with Crippen molar-refractivity contribution in [2.75, 3.05) is 33.2 Å². The highest BCUT2D eigenvalue weighted by Crippen LogP contribution is 2.19. The van der Waals surface area contributed by atoms with Gasteiger partial charge in [-0.3, -0.25) is 9.88 Å². The van der Waals surface area contributed by atoms with Crippen molar-refractivity contribution in [3.63, 3.8) is 0 Å². The van der Waals surface area contributed by atoms with Gasteiger partial charge >= 0.3 is 0 Å². The van der Waals surface area contributed by atoms with E-state index in [1.807, 2.05) is 18.5 Å². The Hall–Kier alpha value is -1.71. The van der Waals surface area contributed by atoms with Crippen LogP contribution in [0.5, 0.6) is 0 Å². The zero-order chi connectivity index (χ0) is 13.8. The molecule has 1 aromatic carbocycles. The summed E-state index contributed by atoms with van der Waals surface area (Å²) < 4.78 is 0. The molecule has 1 saturated heterocycles. The van der Waals surface area contributed by atoms with Gasteiger partial charge in [-0.25, -0.2) is 0 Å². The van der Waals surface area contributed by atoms with E-state index in [0.717, 1.165) is 32.7 Å². The molecule has 0 unspecified atom stereocenters. The summed E-state index contributed by atoms with van der Waals surface area (Å²) in [5.41, 5.74) is 3.74. The first-order valence-corrected chi connectivity index (χ1v) is 7.21. The molecule has 1 aliphatic rings. The van der Waals surface area contributed by atoms with Crippen molar-refractivity contribution in [1.82, 2.24) is 14.8 Å². The molecular formula is C17H21N3. The van der Waals surface area contributed by atoms with E-state index in [4.69, 9.17) is 0 Å². The number of pyridine rings is 1. The first kappa shape index (κ1) is 13.3. The lowest BCUT2D eigenvalue weighted by atomic mass is 10.1. The fourth-order valence-electron chi connectivity index (χ4n) is 2.63. The summed E-state index contributed by atoms with van der Waals surface area (Å²) in [6.07, 6.45) is 3.94. The third kappa shape index (κ3) is 3.24. The van der Waals surface area contributed by atoms with Crippen LogP contribution in [0.3, 0.4) is 0 Å². The Bertz CT molecular complexity index is 545. The number of piperazine rings is 1. The van der Waals surface area contributed by atoms with Crippen molar-refractivity contribution in [2.45, 2.75) is 6.54 Å². The van der Waals surface area contributed by atoms with Gasteiger partial charge < -0.3 is 4.90 Å². The van der Waals surface area contributed by atoms with Gasteiger partial charge in [-0.15, -0.1) is 0 Å². The smallest absolute Gasteiger partial charge is 0.0346 e. The van der Waals surface area contributed by atoms with Crippen molar-refractivity contribution in [3.05, 3.63) is 54.4 Å². The van der Waals surface area contributed by atoms with E-state index in [-0.39, 0.29) is 0 Å². The molecule has 20 heavy (non-hydrogen) atoms. The van der Waals surface area contributed by atoms with Gasteiger partial charge in [0, 0.05) is 50.7 Å². The number of benzene rings is 1. The summed E-state index contributed by atoms with van der Waals surface area (Å²) in [6, 6.07) is 12.7. The second kappa shape index (κ2) is 6.16. The van der Waals surface area contributed by atoms with Crippen molar-refractivity contribution in [3.8, 4) is 11.1 Å². The van der Waals surface area contributed by atoms with Crippen molar-refractivity contribution in [1.29, 1.82) is 0 Å². The summed E-state index contributed by atoms with van der Waals surface area (Å²) in [5, 5.41) is 0. The predicted molar refractivity (Wildman–Crippen MR) is 82.4 cm³/mol. The standard InChI is InChI=1S/C17H21N3/c1-19-7-9-20(10-8-19)14-15-11-17(13-18-12-15)16-5-3-2-4-6-16/h2-6,11-13H,7-10,14H2,1H3. The van der Waals surface area contributed by atoms with Crippen LogP contribution in [0.15, 0.2) is 48.8 Å². The normalized spacial score (nSPS) is 17.2. The number of nitrogens with zero attached hydrogens (tertiary/aromatic N) is 3. The molecular weight excluding hydrogens is 246 g/mol. The fraction of sp³-hybridized carbons (Fsp3) is 0.353. The average Bonchev–Trinajstić information content (AvgIpc) is 2.51. The Kier molecular flexibility index (Phi) is 4.09. The number of rotatable bonds is 3. The lowest BCUT2D eigenvalue weighted by Gasteiger charge is -2.32. The molecule has 3 rings (SSSR count). The highest BCUT2D eigenvalue weighted by molar-refractivity contribution is 5.62. The Labute approximate surface area is 120 Å². The van der Waals surface area contributed by atoms with E-state index < -0.39 is 0 Å². The first-order chi connectivity index (χ1) is 9.81. The zero-order valence-corrected chi connectivity index (χ0v) is 12.0. The van der Waals surface area contributed by atoms with Crippen LogP contribution in [-0.4, -0.2) is 48.0 Å². The van der Waals surface area contributed by atoms with Crippen LogP contribution in [0.1, 0.15) is 5.56 Å². The van der Waals surface area contributed by atoms with E-state index >= 15 is 0 Å². The van der Waals surface area contributed by atoms with Crippen LogP contribution in [-0.2, 0) is 6.54 Å². The van der Waals surface area contributed by atoms with Gasteiger partial charge in [-0.2, -0.15) is 0 Å². The van der Waals surface area contributed by atoms with Crippen LogP contribution in [0, 0.1) is 0 Å². The lowest BCUT2D eigenvalue weighted by Crippen LogP contribution is -2.43. The van der Waals surface area contributed by atoms with Crippen LogP contribution >= 0.6 is 0 Å². The van der Waals surface area contributed by atoms with E-state index in [1.54, 1.807) is 0 Å². The summed E-state index contributed by atoms with van der Waals surface area (Å²) in [4.78, 5) is 9.29. The zero-order valence-electron chi connectivity index (χ0n) is 12.0. The number of hydrogen-bond donors (Lipinski definition) is 0. The van der Waals surface area contributed by atoms with Crippen LogP contribution in [0.2, 0.25) is 0 Å². The van der Waals surface area contributed by atoms with Crippen LogP contribution in [0.25, 0.3) is 11.1 Å². The Morgan fingerprint density at radius 1 is 0.950 bits per heavy atom. The minimum Gasteiger partial charge on any atom is -0.304 e. The van der Waals surface area contributed by atoms with Crippen LogP contribution in [0.4, 0.5) is 0 Å². The predicted octanol–water partition coefficient (Wildman–Crippen LogP) is 2.50. The fourth-order valence-corrected chi connectivity index (χ4v) is 2.63. The summed E-state index contributed by atoms with van der Waals surface area (Å²) in [7, 11) is 2.19. The SMILES string of the molecule is CN1CCN(Cc2cncc(-c3ccccc3)c2)CC1. The first-order valence-electron chi connectivity index (χ1n) is 7.21. The molecule has 0 saturated carbocycles. The maximum absolute atomic E-state index is 4.40. The summed E-state index contributed by atoms with van der Waals surface area (Å²) in [5.74, 6) is 0. The molecule has 0 N–H and O–H groups in total. The minimum atomic E-state index is 1.00. The molecule has 104 valence electrons. The molecule has 0 atom stereocenters. The van der Waals surface area contributed by atoms with Gasteiger partial charge in [0.2, 0.25) is 0 Å². The van der Waals surface area contributed by atoms with Crippen molar-refractivity contribution >= 4 is 0 Å². The summed E-state index contributed by atoms with van der Waals surface area (Å²) >= 11 is 0.